The summed E-state index contributed by atoms with van der Waals surface area (Å²) in [6.07, 6.45) is 6.20. The molecule has 6 heteroatoms. The average molecular weight is 327 g/mol. The Labute approximate surface area is 141 Å². The maximum absolute atomic E-state index is 12.4. The van der Waals surface area contributed by atoms with Gasteiger partial charge >= 0.3 is 6.03 Å². The topological polar surface area (TPSA) is 74.7 Å². The van der Waals surface area contributed by atoms with Gasteiger partial charge in [-0.25, -0.2) is 4.79 Å². The van der Waals surface area contributed by atoms with Crippen LogP contribution in [-0.2, 0) is 0 Å². The van der Waals surface area contributed by atoms with E-state index in [-0.39, 0.29) is 18.7 Å². The normalized spacial score (nSPS) is 17.4. The summed E-state index contributed by atoms with van der Waals surface area (Å²) in [7, 11) is 0. The first-order chi connectivity index (χ1) is 11.8. The molecule has 1 aromatic heterocycles. The predicted octanol–water partition coefficient (Wildman–Crippen LogP) is 3.25. The Kier molecular flexibility index (Phi) is 5.28. The van der Waals surface area contributed by atoms with Crippen LogP contribution in [0.1, 0.15) is 19.3 Å². The minimum Gasteiger partial charge on any atom is -0.456 e. The molecular formula is C18H21N3O3. The fourth-order valence-corrected chi connectivity index (χ4v) is 2.80. The van der Waals surface area contributed by atoms with Crippen LogP contribution in [-0.4, -0.2) is 40.2 Å². The van der Waals surface area contributed by atoms with Gasteiger partial charge in [-0.3, -0.25) is 4.98 Å². The van der Waals surface area contributed by atoms with E-state index in [9.17, 15) is 9.90 Å². The summed E-state index contributed by atoms with van der Waals surface area (Å²) in [6, 6.07) is 10.5. The number of pyridine rings is 1. The first-order valence-corrected chi connectivity index (χ1v) is 8.12. The molecule has 1 saturated heterocycles. The summed E-state index contributed by atoms with van der Waals surface area (Å²) < 4.78 is 5.67. The molecule has 0 aliphatic carbocycles. The molecule has 0 radical (unpaired) electrons. The number of likely N-dealkylation sites (tertiary alicyclic amines) is 1. The molecule has 2 aromatic rings. The second-order valence-corrected chi connectivity index (χ2v) is 5.77. The highest BCUT2D eigenvalue weighted by molar-refractivity contribution is 5.89. The van der Waals surface area contributed by atoms with Crippen LogP contribution in [0.4, 0.5) is 10.5 Å². The van der Waals surface area contributed by atoms with E-state index >= 15 is 0 Å². The van der Waals surface area contributed by atoms with Crippen LogP contribution in [0.25, 0.3) is 0 Å². The number of carbonyl (C=O) groups excluding carboxylic acids is 1. The molecule has 3 rings (SSSR count). The zero-order chi connectivity index (χ0) is 16.8. The first-order valence-electron chi connectivity index (χ1n) is 8.12. The van der Waals surface area contributed by atoms with Crippen LogP contribution in [0.2, 0.25) is 0 Å². The maximum atomic E-state index is 12.4. The number of hydrogen-bond acceptors (Lipinski definition) is 4. The second-order valence-electron chi connectivity index (χ2n) is 5.77. The minimum absolute atomic E-state index is 0.00527. The molecular weight excluding hydrogens is 306 g/mol. The Morgan fingerprint density at radius 2 is 2.08 bits per heavy atom. The highest BCUT2D eigenvalue weighted by Gasteiger charge is 2.25. The van der Waals surface area contributed by atoms with Gasteiger partial charge < -0.3 is 20.1 Å². The quantitative estimate of drug-likeness (QED) is 0.904. The van der Waals surface area contributed by atoms with E-state index < -0.39 is 0 Å². The highest BCUT2D eigenvalue weighted by atomic mass is 16.5. The molecule has 24 heavy (non-hydrogen) atoms. The molecule has 1 aromatic carbocycles. The summed E-state index contributed by atoms with van der Waals surface area (Å²) in [5.74, 6) is 1.33. The third kappa shape index (κ3) is 4.02. The van der Waals surface area contributed by atoms with E-state index in [4.69, 9.17) is 4.74 Å². The largest absolute Gasteiger partial charge is 0.456 e. The van der Waals surface area contributed by atoms with E-state index in [0.29, 0.717) is 23.7 Å². The molecule has 0 bridgehead atoms. The van der Waals surface area contributed by atoms with Crippen LogP contribution < -0.4 is 10.1 Å². The number of piperidine rings is 1. The number of benzene rings is 1. The number of hydrogen-bond donors (Lipinski definition) is 2. The van der Waals surface area contributed by atoms with E-state index in [1.54, 1.807) is 47.6 Å². The van der Waals surface area contributed by atoms with Crippen molar-refractivity contribution in [2.24, 2.45) is 0 Å². The molecule has 126 valence electrons. The second kappa shape index (κ2) is 7.79. The smallest absolute Gasteiger partial charge is 0.322 e. The lowest BCUT2D eigenvalue weighted by Crippen LogP contribution is -2.47. The van der Waals surface area contributed by atoms with Crippen molar-refractivity contribution in [2.75, 3.05) is 18.5 Å². The summed E-state index contributed by atoms with van der Waals surface area (Å²) >= 11 is 0. The van der Waals surface area contributed by atoms with Gasteiger partial charge in [-0.05, 0) is 55.7 Å². The van der Waals surface area contributed by atoms with Gasteiger partial charge in [0.25, 0.3) is 0 Å². The predicted molar refractivity (Wildman–Crippen MR) is 91.2 cm³/mol. The number of urea groups is 1. The lowest BCUT2D eigenvalue weighted by atomic mass is 10.0. The van der Waals surface area contributed by atoms with Crippen molar-refractivity contribution in [3.8, 4) is 11.5 Å². The Morgan fingerprint density at radius 3 is 2.79 bits per heavy atom. The number of nitrogens with one attached hydrogen (secondary N) is 1. The number of ether oxygens (including phenoxy) is 1. The van der Waals surface area contributed by atoms with Crippen molar-refractivity contribution in [1.82, 2.24) is 9.88 Å². The molecule has 2 N–H and O–H groups in total. The van der Waals surface area contributed by atoms with Crippen molar-refractivity contribution >= 4 is 11.7 Å². The van der Waals surface area contributed by atoms with Crippen LogP contribution in [0.5, 0.6) is 11.5 Å². The fourth-order valence-electron chi connectivity index (χ4n) is 2.80. The van der Waals surface area contributed by atoms with Gasteiger partial charge in [0, 0.05) is 18.4 Å². The molecule has 1 fully saturated rings. The van der Waals surface area contributed by atoms with Crippen LogP contribution in [0, 0.1) is 0 Å². The first kappa shape index (κ1) is 16.3. The molecule has 0 saturated carbocycles. The van der Waals surface area contributed by atoms with Gasteiger partial charge in [0.1, 0.15) is 11.5 Å². The van der Waals surface area contributed by atoms with E-state index in [1.807, 2.05) is 6.07 Å². The van der Waals surface area contributed by atoms with Crippen LogP contribution in [0.15, 0.2) is 48.8 Å². The van der Waals surface area contributed by atoms with Crippen molar-refractivity contribution in [3.63, 3.8) is 0 Å². The summed E-state index contributed by atoms with van der Waals surface area (Å²) in [5, 5.41) is 12.3. The molecule has 1 atom stereocenters. The van der Waals surface area contributed by atoms with Crippen LogP contribution in [0.3, 0.4) is 0 Å². The highest BCUT2D eigenvalue weighted by Crippen LogP contribution is 2.23. The maximum Gasteiger partial charge on any atom is 0.322 e. The van der Waals surface area contributed by atoms with Gasteiger partial charge in [0.15, 0.2) is 0 Å². The zero-order valence-corrected chi connectivity index (χ0v) is 13.4. The SMILES string of the molecule is O=C(Nc1ccc(Oc2cccnc2)cc1)N1CCCC[C@H]1CO. The standard InChI is InChI=1S/C18H21N3O3/c22-13-15-4-1-2-11-21(15)18(23)20-14-6-8-16(9-7-14)24-17-5-3-10-19-12-17/h3,5-10,12,15,22H,1-2,4,11,13H2,(H,20,23)/t15-/m0/s1. The summed E-state index contributed by atoms with van der Waals surface area (Å²) in [5.41, 5.74) is 0.695. The third-order valence-electron chi connectivity index (χ3n) is 4.07. The van der Waals surface area contributed by atoms with Crippen molar-refractivity contribution in [3.05, 3.63) is 48.8 Å². The number of aliphatic hydroxyl groups excluding tert-OH is 1. The monoisotopic (exact) mass is 327 g/mol. The van der Waals surface area contributed by atoms with E-state index in [1.165, 1.54) is 0 Å². The Hall–Kier alpha value is -2.60. The third-order valence-corrected chi connectivity index (χ3v) is 4.07. The zero-order valence-electron chi connectivity index (χ0n) is 13.4. The number of carbonyl (C=O) groups is 1. The molecule has 0 unspecified atom stereocenters. The molecule has 6 nitrogen and oxygen atoms in total. The fraction of sp³-hybridized carbons (Fsp3) is 0.333. The van der Waals surface area contributed by atoms with Gasteiger partial charge in [-0.15, -0.1) is 0 Å². The van der Waals surface area contributed by atoms with Gasteiger partial charge in [0.2, 0.25) is 0 Å². The molecule has 1 aliphatic rings. The summed E-state index contributed by atoms with van der Waals surface area (Å²) in [6.45, 7) is 0.685. The van der Waals surface area contributed by atoms with Crippen molar-refractivity contribution < 1.29 is 14.6 Å². The number of anilines is 1. The molecule has 1 aliphatic heterocycles. The Morgan fingerprint density at radius 1 is 1.25 bits per heavy atom. The molecule has 2 amide bonds. The average Bonchev–Trinajstić information content (AvgIpc) is 2.64. The van der Waals surface area contributed by atoms with Crippen molar-refractivity contribution in [1.29, 1.82) is 0 Å². The minimum atomic E-state index is -0.172. The van der Waals surface area contributed by atoms with Gasteiger partial charge in [0.05, 0.1) is 18.8 Å². The van der Waals surface area contributed by atoms with Crippen molar-refractivity contribution in [2.45, 2.75) is 25.3 Å². The van der Waals surface area contributed by atoms with E-state index in [2.05, 4.69) is 10.3 Å². The molecule has 2 heterocycles. The van der Waals surface area contributed by atoms with Gasteiger partial charge in [-0.1, -0.05) is 0 Å². The number of rotatable bonds is 4. The summed E-state index contributed by atoms with van der Waals surface area (Å²) in [4.78, 5) is 18.1. The van der Waals surface area contributed by atoms with Crippen LogP contribution >= 0.6 is 0 Å². The molecule has 0 spiro atoms. The number of aliphatic hydroxyl groups is 1. The number of nitrogens with zero attached hydrogens (tertiary/aromatic N) is 2. The Bertz CT molecular complexity index is 661. The Balaban J connectivity index is 1.60. The lowest BCUT2D eigenvalue weighted by molar-refractivity contribution is 0.115. The number of amides is 2. The van der Waals surface area contributed by atoms with Gasteiger partial charge in [-0.2, -0.15) is 0 Å². The lowest BCUT2D eigenvalue weighted by Gasteiger charge is -2.34. The number of aromatic nitrogens is 1. The van der Waals surface area contributed by atoms with E-state index in [0.717, 1.165) is 19.3 Å².